The van der Waals surface area contributed by atoms with Crippen LogP contribution in [0.5, 0.6) is 11.5 Å². The van der Waals surface area contributed by atoms with Crippen LogP contribution in [0, 0.1) is 5.92 Å². The van der Waals surface area contributed by atoms with Gasteiger partial charge in [-0.25, -0.2) is 0 Å². The van der Waals surface area contributed by atoms with Crippen LogP contribution in [0.4, 0.5) is 11.4 Å². The van der Waals surface area contributed by atoms with Crippen LogP contribution in [-0.4, -0.2) is 81.8 Å². The number of carbonyl (C=O) groups excluding carboxylic acids is 3. The molecule has 4 rings (SSSR count). The molecule has 0 aliphatic carbocycles. The third-order valence-electron chi connectivity index (χ3n) is 6.29. The van der Waals surface area contributed by atoms with Gasteiger partial charge >= 0.3 is 0 Å². The summed E-state index contributed by atoms with van der Waals surface area (Å²) in [5.41, 5.74) is 1.35. The Balaban J connectivity index is 1.20. The molecule has 2 saturated heterocycles. The monoisotopic (exact) mass is 510 g/mol. The maximum atomic E-state index is 12.6. The summed E-state index contributed by atoms with van der Waals surface area (Å²) in [5, 5.41) is 5.74. The van der Waals surface area contributed by atoms with Crippen LogP contribution in [0.15, 0.2) is 48.5 Å². The summed E-state index contributed by atoms with van der Waals surface area (Å²) in [6, 6.07) is 14.1. The van der Waals surface area contributed by atoms with E-state index >= 15 is 0 Å². The summed E-state index contributed by atoms with van der Waals surface area (Å²) < 4.78 is 16.3. The predicted molar refractivity (Wildman–Crippen MR) is 139 cm³/mol. The molecule has 0 radical (unpaired) electrons. The van der Waals surface area contributed by atoms with Gasteiger partial charge in [0, 0.05) is 50.5 Å². The van der Waals surface area contributed by atoms with Crippen molar-refractivity contribution in [3.63, 3.8) is 0 Å². The highest BCUT2D eigenvalue weighted by Gasteiger charge is 2.35. The maximum absolute atomic E-state index is 12.6. The molecule has 0 unspecified atom stereocenters. The lowest BCUT2D eigenvalue weighted by Crippen LogP contribution is -2.42. The van der Waals surface area contributed by atoms with Gasteiger partial charge in [-0.05, 0) is 55.5 Å². The van der Waals surface area contributed by atoms with Crippen LogP contribution in [0.25, 0.3) is 0 Å². The van der Waals surface area contributed by atoms with Crippen molar-refractivity contribution < 1.29 is 28.6 Å². The zero-order chi connectivity index (χ0) is 26.0. The topological polar surface area (TPSA) is 109 Å². The first-order valence-corrected chi connectivity index (χ1v) is 12.7. The van der Waals surface area contributed by atoms with Crippen molar-refractivity contribution in [2.24, 2.45) is 5.92 Å². The van der Waals surface area contributed by atoms with Gasteiger partial charge in [0.05, 0.1) is 25.7 Å². The van der Waals surface area contributed by atoms with E-state index in [1.807, 2.05) is 6.92 Å². The lowest BCUT2D eigenvalue weighted by Gasteiger charge is -2.26. The number of hydrogen-bond donors (Lipinski definition) is 2. The molecule has 2 N–H and O–H groups in total. The van der Waals surface area contributed by atoms with Crippen LogP contribution < -0.4 is 25.0 Å². The van der Waals surface area contributed by atoms with Crippen LogP contribution in [0.3, 0.4) is 0 Å². The number of ether oxygens (including phenoxy) is 3. The van der Waals surface area contributed by atoms with Crippen molar-refractivity contribution in [3.8, 4) is 11.5 Å². The molecule has 1 atom stereocenters. The van der Waals surface area contributed by atoms with E-state index in [2.05, 4.69) is 15.5 Å². The van der Waals surface area contributed by atoms with Gasteiger partial charge in [-0.15, -0.1) is 0 Å². The summed E-state index contributed by atoms with van der Waals surface area (Å²) in [6.07, 6.45) is 0.188. The normalized spacial score (nSPS) is 17.9. The summed E-state index contributed by atoms with van der Waals surface area (Å²) in [7, 11) is 0. The minimum absolute atomic E-state index is 0.0864. The fraction of sp³-hybridized carbons (Fsp3) is 0.444. The highest BCUT2D eigenvalue weighted by molar-refractivity contribution is 6.00. The molecule has 0 spiro atoms. The van der Waals surface area contributed by atoms with Crippen LogP contribution >= 0.6 is 0 Å². The molecule has 0 bridgehead atoms. The zero-order valence-corrected chi connectivity index (χ0v) is 21.1. The zero-order valence-electron chi connectivity index (χ0n) is 21.1. The van der Waals surface area contributed by atoms with Gasteiger partial charge in [0.2, 0.25) is 11.8 Å². The van der Waals surface area contributed by atoms with Crippen molar-refractivity contribution >= 4 is 29.1 Å². The Kier molecular flexibility index (Phi) is 9.34. The number of hydrogen-bond acceptors (Lipinski definition) is 7. The summed E-state index contributed by atoms with van der Waals surface area (Å²) in [6.45, 7) is 7.21. The Morgan fingerprint density at radius 1 is 1.00 bits per heavy atom. The van der Waals surface area contributed by atoms with Crippen molar-refractivity contribution in [2.75, 3.05) is 69.4 Å². The highest BCUT2D eigenvalue weighted by atomic mass is 16.5. The average molecular weight is 511 g/mol. The number of anilines is 2. The van der Waals surface area contributed by atoms with Crippen LogP contribution in [0.2, 0.25) is 0 Å². The van der Waals surface area contributed by atoms with Crippen LogP contribution in [-0.2, 0) is 19.1 Å². The first-order valence-electron chi connectivity index (χ1n) is 12.7. The summed E-state index contributed by atoms with van der Waals surface area (Å²) >= 11 is 0. The quantitative estimate of drug-likeness (QED) is 0.475. The Morgan fingerprint density at radius 2 is 1.68 bits per heavy atom. The van der Waals surface area contributed by atoms with E-state index < -0.39 is 0 Å². The predicted octanol–water partition coefficient (Wildman–Crippen LogP) is 1.90. The molecule has 2 aliphatic rings. The molecule has 10 heteroatoms. The lowest BCUT2D eigenvalue weighted by molar-refractivity contribution is -0.126. The fourth-order valence-corrected chi connectivity index (χ4v) is 4.31. The average Bonchev–Trinajstić information content (AvgIpc) is 3.31. The standard InChI is InChI=1S/C27H34N4O6/c1-2-36-23-7-3-21(4-8-23)29-25(32)19-37-24-9-5-22(6-10-24)31-18-20(17-26(31)33)27(34)28-11-12-30-13-15-35-16-14-30/h3-10,20H,2,11-19H2,1H3,(H,28,34)(H,29,32)/t20-/m0/s1. The van der Waals surface area contributed by atoms with Crippen LogP contribution in [0.1, 0.15) is 13.3 Å². The third-order valence-corrected chi connectivity index (χ3v) is 6.29. The third kappa shape index (κ3) is 7.68. The van der Waals surface area contributed by atoms with Gasteiger partial charge in [0.1, 0.15) is 11.5 Å². The Morgan fingerprint density at radius 3 is 2.38 bits per heavy atom. The molecule has 2 aromatic rings. The molecule has 2 heterocycles. The van der Waals surface area contributed by atoms with Gasteiger partial charge in [-0.2, -0.15) is 0 Å². The van der Waals surface area contributed by atoms with Crippen molar-refractivity contribution in [1.29, 1.82) is 0 Å². The molecule has 0 saturated carbocycles. The molecule has 37 heavy (non-hydrogen) atoms. The number of rotatable bonds is 11. The molecule has 10 nitrogen and oxygen atoms in total. The first-order chi connectivity index (χ1) is 18.0. The number of carbonyl (C=O) groups is 3. The second-order valence-corrected chi connectivity index (χ2v) is 8.94. The minimum Gasteiger partial charge on any atom is -0.494 e. The van der Waals surface area contributed by atoms with Crippen molar-refractivity contribution in [1.82, 2.24) is 10.2 Å². The van der Waals surface area contributed by atoms with E-state index in [-0.39, 0.29) is 36.7 Å². The highest BCUT2D eigenvalue weighted by Crippen LogP contribution is 2.27. The summed E-state index contributed by atoms with van der Waals surface area (Å²) in [5.74, 6) is 0.405. The number of nitrogens with one attached hydrogen (secondary N) is 2. The molecule has 3 amide bonds. The number of nitrogens with zero attached hydrogens (tertiary/aromatic N) is 2. The molecule has 0 aromatic heterocycles. The molecular formula is C27H34N4O6. The SMILES string of the molecule is CCOc1ccc(NC(=O)COc2ccc(N3C[C@@H](C(=O)NCCN4CCOCC4)CC3=O)cc2)cc1. The smallest absolute Gasteiger partial charge is 0.262 e. The molecular weight excluding hydrogens is 476 g/mol. The van der Waals surface area contributed by atoms with E-state index in [0.717, 1.165) is 38.6 Å². The lowest BCUT2D eigenvalue weighted by atomic mass is 10.1. The van der Waals surface area contributed by atoms with E-state index in [9.17, 15) is 14.4 Å². The van der Waals surface area contributed by atoms with E-state index in [0.29, 0.717) is 36.8 Å². The van der Waals surface area contributed by atoms with Gasteiger partial charge in [0.25, 0.3) is 5.91 Å². The summed E-state index contributed by atoms with van der Waals surface area (Å²) in [4.78, 5) is 41.3. The van der Waals surface area contributed by atoms with E-state index in [4.69, 9.17) is 14.2 Å². The van der Waals surface area contributed by atoms with Gasteiger partial charge in [-0.3, -0.25) is 19.3 Å². The van der Waals surface area contributed by atoms with Gasteiger partial charge in [0.15, 0.2) is 6.61 Å². The van der Waals surface area contributed by atoms with E-state index in [1.165, 1.54) is 0 Å². The largest absolute Gasteiger partial charge is 0.494 e. The number of morpholine rings is 1. The number of amides is 3. The maximum Gasteiger partial charge on any atom is 0.262 e. The molecule has 198 valence electrons. The molecule has 2 fully saturated rings. The van der Waals surface area contributed by atoms with Crippen molar-refractivity contribution in [3.05, 3.63) is 48.5 Å². The first kappa shape index (κ1) is 26.4. The second kappa shape index (κ2) is 13.1. The minimum atomic E-state index is -0.376. The Labute approximate surface area is 216 Å². The van der Waals surface area contributed by atoms with Crippen molar-refractivity contribution in [2.45, 2.75) is 13.3 Å². The molecule has 2 aliphatic heterocycles. The van der Waals surface area contributed by atoms with Gasteiger partial charge in [-0.1, -0.05) is 0 Å². The Hall–Kier alpha value is -3.63. The van der Waals surface area contributed by atoms with Gasteiger partial charge < -0.3 is 29.7 Å². The van der Waals surface area contributed by atoms with E-state index in [1.54, 1.807) is 53.4 Å². The second-order valence-electron chi connectivity index (χ2n) is 8.94. The number of benzene rings is 2. The molecule has 2 aromatic carbocycles. The Bertz CT molecular complexity index is 1050. The fourth-order valence-electron chi connectivity index (χ4n) is 4.31.